The SMILES string of the molecule is CNC(=O)NCC(=O)N[C@@H](C)C#N. The Kier molecular flexibility index (Phi) is 5.03. The van der Waals surface area contributed by atoms with Crippen molar-refractivity contribution in [1.29, 1.82) is 5.26 Å². The summed E-state index contributed by atoms with van der Waals surface area (Å²) in [6.45, 7) is 1.42. The summed E-state index contributed by atoms with van der Waals surface area (Å²) in [6.07, 6.45) is 0. The van der Waals surface area contributed by atoms with Gasteiger partial charge in [-0.3, -0.25) is 4.79 Å². The Balaban J connectivity index is 3.65. The van der Waals surface area contributed by atoms with Crippen molar-refractivity contribution in [3.63, 3.8) is 0 Å². The topological polar surface area (TPSA) is 94.0 Å². The molecule has 0 aromatic rings. The lowest BCUT2D eigenvalue weighted by Gasteiger charge is -2.06. The average Bonchev–Trinajstić information content (AvgIpc) is 2.13. The number of urea groups is 1. The number of nitrogens with zero attached hydrogens (tertiary/aromatic N) is 1. The van der Waals surface area contributed by atoms with E-state index in [2.05, 4.69) is 16.0 Å². The van der Waals surface area contributed by atoms with Crippen molar-refractivity contribution >= 4 is 11.9 Å². The van der Waals surface area contributed by atoms with Crippen molar-refractivity contribution in [1.82, 2.24) is 16.0 Å². The number of nitriles is 1. The van der Waals surface area contributed by atoms with Crippen molar-refractivity contribution in [3.05, 3.63) is 0 Å². The quantitative estimate of drug-likeness (QED) is 0.522. The Morgan fingerprint density at radius 1 is 1.54 bits per heavy atom. The first kappa shape index (κ1) is 11.2. The number of amides is 3. The Morgan fingerprint density at radius 3 is 2.62 bits per heavy atom. The van der Waals surface area contributed by atoms with Gasteiger partial charge in [0.25, 0.3) is 0 Å². The maximum absolute atomic E-state index is 10.9. The van der Waals surface area contributed by atoms with Crippen LogP contribution < -0.4 is 16.0 Å². The number of hydrogen-bond acceptors (Lipinski definition) is 3. The Hall–Kier alpha value is -1.77. The molecule has 0 aromatic carbocycles. The molecule has 3 N–H and O–H groups in total. The van der Waals surface area contributed by atoms with Crippen LogP contribution in [0.5, 0.6) is 0 Å². The van der Waals surface area contributed by atoms with Gasteiger partial charge in [-0.2, -0.15) is 5.26 Å². The van der Waals surface area contributed by atoms with Gasteiger partial charge in [0.2, 0.25) is 5.91 Å². The molecule has 0 fully saturated rings. The van der Waals surface area contributed by atoms with E-state index in [1.54, 1.807) is 6.92 Å². The fourth-order valence-corrected chi connectivity index (χ4v) is 0.574. The third-order valence-electron chi connectivity index (χ3n) is 1.21. The molecular formula is C7H12N4O2. The molecule has 0 unspecified atom stereocenters. The molecule has 6 nitrogen and oxygen atoms in total. The van der Waals surface area contributed by atoms with Crippen LogP contribution in [-0.2, 0) is 4.79 Å². The van der Waals surface area contributed by atoms with Crippen molar-refractivity contribution in [3.8, 4) is 6.07 Å². The molecule has 0 saturated carbocycles. The van der Waals surface area contributed by atoms with E-state index in [-0.39, 0.29) is 6.54 Å². The van der Waals surface area contributed by atoms with E-state index in [4.69, 9.17) is 5.26 Å². The highest BCUT2D eigenvalue weighted by atomic mass is 16.2. The number of carbonyl (C=O) groups excluding carboxylic acids is 2. The van der Waals surface area contributed by atoms with Crippen LogP contribution in [0, 0.1) is 11.3 Å². The molecule has 0 heterocycles. The lowest BCUT2D eigenvalue weighted by Crippen LogP contribution is -2.43. The van der Waals surface area contributed by atoms with Crippen molar-refractivity contribution in [2.45, 2.75) is 13.0 Å². The summed E-state index contributed by atoms with van der Waals surface area (Å²) in [7, 11) is 1.45. The Labute approximate surface area is 76.3 Å². The maximum atomic E-state index is 10.9. The molecule has 0 saturated heterocycles. The molecule has 0 radical (unpaired) electrons. The monoisotopic (exact) mass is 184 g/mol. The smallest absolute Gasteiger partial charge is 0.314 e. The number of carbonyl (C=O) groups is 2. The van der Waals surface area contributed by atoms with Crippen LogP contribution in [0.2, 0.25) is 0 Å². The standard InChI is InChI=1S/C7H12N4O2/c1-5(3-8)11-6(12)4-10-7(13)9-2/h5H,4H2,1-2H3,(H,11,12)(H2,9,10,13)/t5-/m0/s1. The summed E-state index contributed by atoms with van der Waals surface area (Å²) in [6, 6.07) is 0.864. The summed E-state index contributed by atoms with van der Waals surface area (Å²) in [5.41, 5.74) is 0. The summed E-state index contributed by atoms with van der Waals surface area (Å²) >= 11 is 0. The third kappa shape index (κ3) is 5.49. The van der Waals surface area contributed by atoms with Gasteiger partial charge >= 0.3 is 6.03 Å². The number of rotatable bonds is 3. The predicted molar refractivity (Wildman–Crippen MR) is 45.7 cm³/mol. The van der Waals surface area contributed by atoms with Crippen LogP contribution in [0.1, 0.15) is 6.92 Å². The predicted octanol–water partition coefficient (Wildman–Crippen LogP) is -1.06. The number of nitrogens with one attached hydrogen (secondary N) is 3. The van der Waals surface area contributed by atoms with Crippen LogP contribution in [0.15, 0.2) is 0 Å². The molecule has 0 aromatic heterocycles. The highest BCUT2D eigenvalue weighted by Crippen LogP contribution is 1.75. The van der Waals surface area contributed by atoms with Gasteiger partial charge in [-0.15, -0.1) is 0 Å². The molecule has 0 aliphatic heterocycles. The van der Waals surface area contributed by atoms with Gasteiger partial charge in [0.05, 0.1) is 12.6 Å². The Bertz CT molecular complexity index is 233. The molecule has 0 rings (SSSR count). The van der Waals surface area contributed by atoms with Gasteiger partial charge < -0.3 is 16.0 Å². The van der Waals surface area contributed by atoms with Crippen LogP contribution >= 0.6 is 0 Å². The molecule has 0 aliphatic rings. The van der Waals surface area contributed by atoms with Gasteiger partial charge in [-0.05, 0) is 6.92 Å². The fourth-order valence-electron chi connectivity index (χ4n) is 0.574. The first-order chi connectivity index (χ1) is 6.10. The van der Waals surface area contributed by atoms with E-state index in [9.17, 15) is 9.59 Å². The van der Waals surface area contributed by atoms with Gasteiger partial charge in [0, 0.05) is 7.05 Å². The summed E-state index contributed by atoms with van der Waals surface area (Å²) in [5, 5.41) is 15.3. The highest BCUT2D eigenvalue weighted by molar-refractivity contribution is 5.84. The maximum Gasteiger partial charge on any atom is 0.314 e. The molecule has 1 atom stereocenters. The zero-order chi connectivity index (χ0) is 10.3. The zero-order valence-electron chi connectivity index (χ0n) is 7.55. The molecule has 3 amide bonds. The van der Waals surface area contributed by atoms with E-state index in [1.807, 2.05) is 6.07 Å². The van der Waals surface area contributed by atoms with Gasteiger partial charge in [0.1, 0.15) is 6.04 Å². The van der Waals surface area contributed by atoms with E-state index < -0.39 is 18.0 Å². The van der Waals surface area contributed by atoms with Gasteiger partial charge in [0.15, 0.2) is 0 Å². The third-order valence-corrected chi connectivity index (χ3v) is 1.21. The zero-order valence-corrected chi connectivity index (χ0v) is 7.55. The Morgan fingerprint density at radius 2 is 2.15 bits per heavy atom. The molecule has 0 aliphatic carbocycles. The minimum atomic E-state index is -0.543. The summed E-state index contributed by atoms with van der Waals surface area (Å²) in [4.78, 5) is 21.5. The second-order valence-corrected chi connectivity index (χ2v) is 2.35. The molecule has 72 valence electrons. The second-order valence-electron chi connectivity index (χ2n) is 2.35. The van der Waals surface area contributed by atoms with Gasteiger partial charge in [-0.1, -0.05) is 0 Å². The normalized spacial score (nSPS) is 10.8. The second kappa shape index (κ2) is 5.83. The molecular weight excluding hydrogens is 172 g/mol. The van der Waals surface area contributed by atoms with E-state index in [0.29, 0.717) is 0 Å². The molecule has 13 heavy (non-hydrogen) atoms. The van der Waals surface area contributed by atoms with Crippen molar-refractivity contribution in [2.24, 2.45) is 0 Å². The minimum Gasteiger partial charge on any atom is -0.341 e. The first-order valence-electron chi connectivity index (χ1n) is 3.74. The number of hydrogen-bond donors (Lipinski definition) is 3. The lowest BCUT2D eigenvalue weighted by molar-refractivity contribution is -0.120. The van der Waals surface area contributed by atoms with E-state index in [0.717, 1.165) is 0 Å². The summed E-state index contributed by atoms with van der Waals surface area (Å²) in [5.74, 6) is -0.391. The fraction of sp³-hybridized carbons (Fsp3) is 0.571. The van der Waals surface area contributed by atoms with E-state index >= 15 is 0 Å². The highest BCUT2D eigenvalue weighted by Gasteiger charge is 2.06. The van der Waals surface area contributed by atoms with Crippen molar-refractivity contribution < 1.29 is 9.59 Å². The molecule has 6 heteroatoms. The van der Waals surface area contributed by atoms with Crippen LogP contribution in [0.25, 0.3) is 0 Å². The average molecular weight is 184 g/mol. The van der Waals surface area contributed by atoms with E-state index in [1.165, 1.54) is 7.05 Å². The van der Waals surface area contributed by atoms with Crippen molar-refractivity contribution in [2.75, 3.05) is 13.6 Å². The van der Waals surface area contributed by atoms with Gasteiger partial charge in [-0.25, -0.2) is 4.79 Å². The van der Waals surface area contributed by atoms with Crippen LogP contribution in [0.3, 0.4) is 0 Å². The molecule has 0 spiro atoms. The largest absolute Gasteiger partial charge is 0.341 e. The van der Waals surface area contributed by atoms with Crippen LogP contribution in [0.4, 0.5) is 4.79 Å². The first-order valence-corrected chi connectivity index (χ1v) is 3.74. The molecule has 0 bridgehead atoms. The summed E-state index contributed by atoms with van der Waals surface area (Å²) < 4.78 is 0. The van der Waals surface area contributed by atoms with Crippen LogP contribution in [-0.4, -0.2) is 31.6 Å². The lowest BCUT2D eigenvalue weighted by atomic mass is 10.4. The minimum absolute atomic E-state index is 0.133.